The summed E-state index contributed by atoms with van der Waals surface area (Å²) in [5.74, 6) is 0.835. The van der Waals surface area contributed by atoms with Crippen LogP contribution in [-0.4, -0.2) is 53.9 Å². The van der Waals surface area contributed by atoms with E-state index in [-0.39, 0.29) is 0 Å². The molecule has 0 aromatic carbocycles. The van der Waals surface area contributed by atoms with Gasteiger partial charge in [-0.15, -0.1) is 0 Å². The highest BCUT2D eigenvalue weighted by Gasteiger charge is 2.34. The van der Waals surface area contributed by atoms with Crippen molar-refractivity contribution in [3.63, 3.8) is 0 Å². The zero-order valence-corrected chi connectivity index (χ0v) is 12.2. The summed E-state index contributed by atoms with van der Waals surface area (Å²) < 4.78 is 0. The van der Waals surface area contributed by atoms with E-state index in [2.05, 4.69) is 39.7 Å². The van der Waals surface area contributed by atoms with Crippen molar-refractivity contribution in [2.45, 2.75) is 44.7 Å². The largest absolute Gasteiger partial charge is 0.301 e. The Kier molecular flexibility index (Phi) is 4.68. The van der Waals surface area contributed by atoms with Crippen molar-refractivity contribution in [1.82, 2.24) is 9.80 Å². The van der Waals surface area contributed by atoms with Crippen LogP contribution < -0.4 is 0 Å². The minimum absolute atomic E-state index is 0.834. The molecule has 0 spiro atoms. The van der Waals surface area contributed by atoms with Gasteiger partial charge in [-0.1, -0.05) is 29.3 Å². The highest BCUT2D eigenvalue weighted by atomic mass is 79.9. The molecular weight excluding hydrogens is 264 g/mol. The van der Waals surface area contributed by atoms with Crippen LogP contribution in [0.2, 0.25) is 0 Å². The van der Waals surface area contributed by atoms with Crippen LogP contribution in [0.15, 0.2) is 0 Å². The van der Waals surface area contributed by atoms with E-state index in [1.807, 2.05) is 0 Å². The molecule has 0 aliphatic carbocycles. The molecule has 0 N–H and O–H groups in total. The summed E-state index contributed by atoms with van der Waals surface area (Å²) in [7, 11) is 2.33. The van der Waals surface area contributed by atoms with Crippen molar-refractivity contribution in [2.75, 3.05) is 32.0 Å². The lowest BCUT2D eigenvalue weighted by atomic mass is 10.1. The van der Waals surface area contributed by atoms with Gasteiger partial charge in [0.1, 0.15) is 0 Å². The summed E-state index contributed by atoms with van der Waals surface area (Å²) in [5.41, 5.74) is 0. The molecule has 2 saturated heterocycles. The van der Waals surface area contributed by atoms with Crippen LogP contribution in [0.25, 0.3) is 0 Å². The van der Waals surface area contributed by atoms with E-state index < -0.39 is 0 Å². The minimum atomic E-state index is 0.834. The fourth-order valence-corrected chi connectivity index (χ4v) is 3.86. The molecule has 2 nitrogen and oxygen atoms in total. The lowest BCUT2D eigenvalue weighted by Crippen LogP contribution is -2.38. The van der Waals surface area contributed by atoms with E-state index >= 15 is 0 Å². The Bertz CT molecular complexity index is 218. The number of hydrogen-bond acceptors (Lipinski definition) is 2. The molecule has 0 amide bonds. The molecule has 2 aliphatic rings. The smallest absolute Gasteiger partial charge is 0.0223 e. The first-order valence-corrected chi connectivity index (χ1v) is 7.87. The summed E-state index contributed by atoms with van der Waals surface area (Å²) >= 11 is 3.64. The van der Waals surface area contributed by atoms with E-state index in [4.69, 9.17) is 0 Å². The van der Waals surface area contributed by atoms with Crippen LogP contribution in [0.1, 0.15) is 32.6 Å². The monoisotopic (exact) mass is 288 g/mol. The number of rotatable bonds is 4. The zero-order chi connectivity index (χ0) is 11.5. The van der Waals surface area contributed by atoms with Crippen LogP contribution in [-0.2, 0) is 0 Å². The molecule has 2 rings (SSSR count). The van der Waals surface area contributed by atoms with Gasteiger partial charge < -0.3 is 4.90 Å². The number of likely N-dealkylation sites (N-methyl/N-ethyl adjacent to an activating group) is 1. The quantitative estimate of drug-likeness (QED) is 0.734. The SMILES string of the molecule is CCC(CBr)CN1CCC2CCC(C1)N2C. The molecule has 2 aliphatic heterocycles. The van der Waals surface area contributed by atoms with E-state index in [1.165, 1.54) is 45.3 Å². The number of fused-ring (bicyclic) bond motifs is 2. The number of nitrogens with zero attached hydrogens (tertiary/aromatic N) is 2. The predicted molar refractivity (Wildman–Crippen MR) is 73.2 cm³/mol. The predicted octanol–water partition coefficient (Wildman–Crippen LogP) is 2.58. The number of alkyl halides is 1. The first kappa shape index (κ1) is 12.8. The molecule has 3 unspecified atom stereocenters. The van der Waals surface area contributed by atoms with Crippen molar-refractivity contribution < 1.29 is 0 Å². The molecule has 2 bridgehead atoms. The van der Waals surface area contributed by atoms with Crippen LogP contribution >= 0.6 is 15.9 Å². The Morgan fingerprint density at radius 2 is 2.00 bits per heavy atom. The second-order valence-electron chi connectivity index (χ2n) is 5.53. The van der Waals surface area contributed by atoms with Gasteiger partial charge in [0, 0.05) is 30.5 Å². The van der Waals surface area contributed by atoms with Crippen LogP contribution in [0, 0.1) is 5.92 Å². The van der Waals surface area contributed by atoms with Crippen molar-refractivity contribution in [2.24, 2.45) is 5.92 Å². The summed E-state index contributed by atoms with van der Waals surface area (Å²) in [6, 6.07) is 1.71. The lowest BCUT2D eigenvalue weighted by molar-refractivity contribution is 0.201. The molecule has 0 aromatic rings. The number of halogens is 1. The molecule has 2 fully saturated rings. The molecule has 94 valence electrons. The van der Waals surface area contributed by atoms with Gasteiger partial charge in [0.05, 0.1) is 0 Å². The fraction of sp³-hybridized carbons (Fsp3) is 1.00. The average Bonchev–Trinajstić information content (AvgIpc) is 2.53. The fourth-order valence-electron chi connectivity index (χ4n) is 3.20. The van der Waals surface area contributed by atoms with Gasteiger partial charge in [-0.3, -0.25) is 4.90 Å². The zero-order valence-electron chi connectivity index (χ0n) is 10.7. The molecule has 0 saturated carbocycles. The molecule has 3 atom stereocenters. The van der Waals surface area contributed by atoms with Crippen molar-refractivity contribution in [3.05, 3.63) is 0 Å². The van der Waals surface area contributed by atoms with Crippen LogP contribution in [0.4, 0.5) is 0 Å². The van der Waals surface area contributed by atoms with Crippen molar-refractivity contribution in [3.8, 4) is 0 Å². The van der Waals surface area contributed by atoms with Crippen LogP contribution in [0.5, 0.6) is 0 Å². The Labute approximate surface area is 108 Å². The van der Waals surface area contributed by atoms with Gasteiger partial charge in [0.2, 0.25) is 0 Å². The minimum Gasteiger partial charge on any atom is -0.301 e. The first-order chi connectivity index (χ1) is 7.74. The maximum absolute atomic E-state index is 3.64. The summed E-state index contributed by atoms with van der Waals surface area (Å²) in [5, 5.41) is 1.16. The standard InChI is InChI=1S/C13H25BrN2/c1-3-11(8-14)9-16-7-6-12-4-5-13(10-16)15(12)2/h11-13H,3-10H2,1-2H3. The molecule has 2 heterocycles. The lowest BCUT2D eigenvalue weighted by Gasteiger charge is -2.28. The number of likely N-dealkylation sites (tertiary alicyclic amines) is 1. The van der Waals surface area contributed by atoms with Gasteiger partial charge in [-0.2, -0.15) is 0 Å². The first-order valence-electron chi connectivity index (χ1n) is 6.74. The normalized spacial score (nSPS) is 33.9. The molecule has 3 heteroatoms. The Morgan fingerprint density at radius 3 is 2.69 bits per heavy atom. The van der Waals surface area contributed by atoms with E-state index in [0.29, 0.717) is 0 Å². The molecule has 16 heavy (non-hydrogen) atoms. The third-order valence-corrected chi connectivity index (χ3v) is 5.46. The third kappa shape index (κ3) is 2.80. The molecule has 0 radical (unpaired) electrons. The second-order valence-corrected chi connectivity index (χ2v) is 6.17. The highest BCUT2D eigenvalue weighted by Crippen LogP contribution is 2.28. The Hall–Kier alpha value is 0.400. The van der Waals surface area contributed by atoms with Gasteiger partial charge in [0.25, 0.3) is 0 Å². The van der Waals surface area contributed by atoms with Crippen molar-refractivity contribution >= 4 is 15.9 Å². The maximum atomic E-state index is 3.64. The van der Waals surface area contributed by atoms with Gasteiger partial charge in [0.15, 0.2) is 0 Å². The third-order valence-electron chi connectivity index (χ3n) is 4.54. The van der Waals surface area contributed by atoms with E-state index in [0.717, 1.165) is 23.3 Å². The Morgan fingerprint density at radius 1 is 1.25 bits per heavy atom. The number of hydrogen-bond donors (Lipinski definition) is 0. The highest BCUT2D eigenvalue weighted by molar-refractivity contribution is 9.09. The topological polar surface area (TPSA) is 6.48 Å². The maximum Gasteiger partial charge on any atom is 0.0223 e. The van der Waals surface area contributed by atoms with Crippen LogP contribution in [0.3, 0.4) is 0 Å². The van der Waals surface area contributed by atoms with E-state index in [9.17, 15) is 0 Å². The van der Waals surface area contributed by atoms with Crippen molar-refractivity contribution in [1.29, 1.82) is 0 Å². The van der Waals surface area contributed by atoms with E-state index in [1.54, 1.807) is 0 Å². The van der Waals surface area contributed by atoms with Gasteiger partial charge in [-0.05, 0) is 38.8 Å². The van der Waals surface area contributed by atoms with Gasteiger partial charge >= 0.3 is 0 Å². The Balaban J connectivity index is 1.88. The molecular formula is C13H25BrN2. The summed E-state index contributed by atoms with van der Waals surface area (Å²) in [6.45, 7) is 6.21. The summed E-state index contributed by atoms with van der Waals surface area (Å²) in [4.78, 5) is 5.34. The molecule has 0 aromatic heterocycles. The summed E-state index contributed by atoms with van der Waals surface area (Å²) in [6.07, 6.45) is 5.53. The second kappa shape index (κ2) is 5.83. The van der Waals surface area contributed by atoms with Gasteiger partial charge in [-0.25, -0.2) is 0 Å². The average molecular weight is 289 g/mol.